The molecule has 0 bridgehead atoms. The number of carbonyl (C=O) groups is 1. The smallest absolute Gasteiger partial charge is 0.265 e. The molecule has 0 heterocycles. The molecule has 0 aliphatic carbocycles. The van der Waals surface area contributed by atoms with Crippen LogP contribution in [0.2, 0.25) is 5.02 Å². The van der Waals surface area contributed by atoms with Crippen LogP contribution in [0.1, 0.15) is 0 Å². The van der Waals surface area contributed by atoms with Crippen molar-refractivity contribution in [3.05, 3.63) is 71.8 Å². The first-order chi connectivity index (χ1) is 15.3. The molecule has 0 saturated heterocycles. The predicted octanol–water partition coefficient (Wildman–Crippen LogP) is 4.18. The van der Waals surface area contributed by atoms with Gasteiger partial charge in [0.1, 0.15) is 22.1 Å². The Hall–Kier alpha value is -3.43. The van der Waals surface area contributed by atoms with Crippen LogP contribution in [0.4, 0.5) is 11.4 Å². The lowest BCUT2D eigenvalue weighted by Gasteiger charge is -2.14. The zero-order valence-corrected chi connectivity index (χ0v) is 18.9. The van der Waals surface area contributed by atoms with Crippen LogP contribution in [0.5, 0.6) is 17.2 Å². The van der Waals surface area contributed by atoms with Crippen LogP contribution in [0.15, 0.2) is 71.6 Å². The number of sulfonamides is 1. The number of rotatable bonds is 9. The van der Waals surface area contributed by atoms with E-state index in [1.165, 1.54) is 32.4 Å². The molecule has 2 N–H and O–H groups in total. The summed E-state index contributed by atoms with van der Waals surface area (Å²) in [5.41, 5.74) is 0.601. The number of methoxy groups -OCH3 is 2. The van der Waals surface area contributed by atoms with Crippen LogP contribution >= 0.6 is 11.6 Å². The lowest BCUT2D eigenvalue weighted by molar-refractivity contribution is -0.118. The summed E-state index contributed by atoms with van der Waals surface area (Å²) in [6.07, 6.45) is 0. The van der Waals surface area contributed by atoms with Crippen LogP contribution in [0.25, 0.3) is 0 Å². The Bertz CT molecular complexity index is 1200. The standard InChI is InChI=1S/C22H21ClN2O6S/c1-29-17-10-7-15(8-11-17)25-32(27,28)21-13-16(9-12-20(21)30-2)24-22(26)14-31-19-6-4-3-5-18(19)23/h3-13,25H,14H2,1-2H3,(H,24,26). The molecule has 10 heteroatoms. The molecule has 0 aliphatic heterocycles. The third-order valence-corrected chi connectivity index (χ3v) is 5.99. The number of nitrogens with one attached hydrogen (secondary N) is 2. The number of hydrogen-bond acceptors (Lipinski definition) is 6. The van der Waals surface area contributed by atoms with E-state index < -0.39 is 15.9 Å². The van der Waals surface area contributed by atoms with Gasteiger partial charge in [0.15, 0.2) is 6.61 Å². The Morgan fingerprint density at radius 2 is 1.59 bits per heavy atom. The summed E-state index contributed by atoms with van der Waals surface area (Å²) in [7, 11) is -1.13. The molecular formula is C22H21ClN2O6S. The lowest BCUT2D eigenvalue weighted by Crippen LogP contribution is -2.21. The predicted molar refractivity (Wildman–Crippen MR) is 122 cm³/mol. The van der Waals surface area contributed by atoms with Crippen molar-refractivity contribution < 1.29 is 27.4 Å². The average Bonchev–Trinajstić information content (AvgIpc) is 2.79. The number of carbonyl (C=O) groups excluding carboxylic acids is 1. The van der Waals surface area contributed by atoms with E-state index in [0.29, 0.717) is 22.2 Å². The highest BCUT2D eigenvalue weighted by Gasteiger charge is 2.21. The van der Waals surface area contributed by atoms with Crippen molar-refractivity contribution in [2.45, 2.75) is 4.90 Å². The van der Waals surface area contributed by atoms with E-state index in [9.17, 15) is 13.2 Å². The summed E-state index contributed by atoms with van der Waals surface area (Å²) in [6.45, 7) is -0.304. The van der Waals surface area contributed by atoms with Gasteiger partial charge in [0.05, 0.1) is 19.2 Å². The van der Waals surface area contributed by atoms with Gasteiger partial charge >= 0.3 is 0 Å². The van der Waals surface area contributed by atoms with Crippen LogP contribution < -0.4 is 24.2 Å². The summed E-state index contributed by atoms with van der Waals surface area (Å²) in [6, 6.07) is 17.4. The number of anilines is 2. The molecular weight excluding hydrogens is 456 g/mol. The minimum atomic E-state index is -4.01. The molecule has 0 aromatic heterocycles. The zero-order valence-electron chi connectivity index (χ0n) is 17.3. The second kappa shape index (κ2) is 10.3. The molecule has 0 radical (unpaired) electrons. The Kier molecular flexibility index (Phi) is 7.45. The van der Waals surface area contributed by atoms with Crippen LogP contribution in [0, 0.1) is 0 Å². The Morgan fingerprint density at radius 1 is 0.906 bits per heavy atom. The molecule has 0 atom stereocenters. The van der Waals surface area contributed by atoms with Gasteiger partial charge in [-0.05, 0) is 54.6 Å². The fourth-order valence-corrected chi connectivity index (χ4v) is 4.18. The van der Waals surface area contributed by atoms with Crippen molar-refractivity contribution in [2.24, 2.45) is 0 Å². The maximum atomic E-state index is 12.9. The average molecular weight is 477 g/mol. The minimum Gasteiger partial charge on any atom is -0.497 e. The quantitative estimate of drug-likeness (QED) is 0.480. The summed E-state index contributed by atoms with van der Waals surface area (Å²) >= 11 is 6.00. The molecule has 8 nitrogen and oxygen atoms in total. The van der Waals surface area contributed by atoms with E-state index in [0.717, 1.165) is 0 Å². The Morgan fingerprint density at radius 3 is 2.25 bits per heavy atom. The highest BCUT2D eigenvalue weighted by molar-refractivity contribution is 7.92. The van der Waals surface area contributed by atoms with Gasteiger partial charge < -0.3 is 19.5 Å². The molecule has 0 fully saturated rings. The molecule has 32 heavy (non-hydrogen) atoms. The number of ether oxygens (including phenoxy) is 3. The van der Waals surface area contributed by atoms with Gasteiger partial charge in [-0.2, -0.15) is 0 Å². The molecule has 3 aromatic carbocycles. The van der Waals surface area contributed by atoms with E-state index >= 15 is 0 Å². The minimum absolute atomic E-state index is 0.122. The van der Waals surface area contributed by atoms with Gasteiger partial charge in [0.25, 0.3) is 15.9 Å². The number of halogens is 1. The van der Waals surface area contributed by atoms with Crippen molar-refractivity contribution in [2.75, 3.05) is 30.9 Å². The van der Waals surface area contributed by atoms with Gasteiger partial charge in [0, 0.05) is 11.4 Å². The van der Waals surface area contributed by atoms with Crippen molar-refractivity contribution in [3.63, 3.8) is 0 Å². The molecule has 0 aliphatic rings. The summed E-state index contributed by atoms with van der Waals surface area (Å²) < 4.78 is 44.0. The van der Waals surface area contributed by atoms with Crippen LogP contribution in [-0.4, -0.2) is 35.2 Å². The van der Waals surface area contributed by atoms with E-state index in [1.54, 1.807) is 48.5 Å². The topological polar surface area (TPSA) is 103 Å². The maximum absolute atomic E-state index is 12.9. The normalized spacial score (nSPS) is 10.8. The number of amides is 1. The molecule has 3 rings (SSSR count). The molecule has 168 valence electrons. The van der Waals surface area contributed by atoms with Crippen molar-refractivity contribution in [3.8, 4) is 17.2 Å². The molecule has 0 unspecified atom stereocenters. The lowest BCUT2D eigenvalue weighted by atomic mass is 10.3. The Labute approximate surface area is 191 Å². The van der Waals surface area contributed by atoms with Gasteiger partial charge in [-0.15, -0.1) is 0 Å². The Balaban J connectivity index is 1.75. The molecule has 3 aromatic rings. The van der Waals surface area contributed by atoms with Gasteiger partial charge in [-0.25, -0.2) is 8.42 Å². The summed E-state index contributed by atoms with van der Waals surface area (Å²) in [5.74, 6) is 0.595. The number of benzene rings is 3. The number of para-hydroxylation sites is 1. The first-order valence-electron chi connectivity index (χ1n) is 9.34. The fourth-order valence-electron chi connectivity index (χ4n) is 2.74. The fraction of sp³-hybridized carbons (Fsp3) is 0.136. The van der Waals surface area contributed by atoms with E-state index in [4.69, 9.17) is 25.8 Å². The summed E-state index contributed by atoms with van der Waals surface area (Å²) in [4.78, 5) is 12.1. The van der Waals surface area contributed by atoms with Crippen molar-refractivity contribution in [1.82, 2.24) is 0 Å². The van der Waals surface area contributed by atoms with Crippen molar-refractivity contribution in [1.29, 1.82) is 0 Å². The number of hydrogen-bond donors (Lipinski definition) is 2. The van der Waals surface area contributed by atoms with Crippen LogP contribution in [-0.2, 0) is 14.8 Å². The van der Waals surface area contributed by atoms with E-state index in [2.05, 4.69) is 10.0 Å². The van der Waals surface area contributed by atoms with E-state index in [1.807, 2.05) is 0 Å². The maximum Gasteiger partial charge on any atom is 0.265 e. The second-order valence-electron chi connectivity index (χ2n) is 6.47. The largest absolute Gasteiger partial charge is 0.497 e. The third-order valence-electron chi connectivity index (χ3n) is 4.27. The molecule has 0 saturated carbocycles. The first-order valence-corrected chi connectivity index (χ1v) is 11.2. The second-order valence-corrected chi connectivity index (χ2v) is 8.52. The first kappa shape index (κ1) is 23.2. The van der Waals surface area contributed by atoms with Gasteiger partial charge in [-0.3, -0.25) is 9.52 Å². The molecule has 0 spiro atoms. The summed E-state index contributed by atoms with van der Waals surface area (Å²) in [5, 5.41) is 2.98. The van der Waals surface area contributed by atoms with Gasteiger partial charge in [-0.1, -0.05) is 23.7 Å². The third kappa shape index (κ3) is 5.83. The van der Waals surface area contributed by atoms with Crippen molar-refractivity contribution >= 4 is 38.9 Å². The SMILES string of the molecule is COc1ccc(NS(=O)(=O)c2cc(NC(=O)COc3ccccc3Cl)ccc2OC)cc1. The van der Waals surface area contributed by atoms with Gasteiger partial charge in [0.2, 0.25) is 0 Å². The highest BCUT2D eigenvalue weighted by Crippen LogP contribution is 2.29. The monoisotopic (exact) mass is 476 g/mol. The van der Waals surface area contributed by atoms with Crippen LogP contribution in [0.3, 0.4) is 0 Å². The highest BCUT2D eigenvalue weighted by atomic mass is 35.5. The molecule has 1 amide bonds. The van der Waals surface area contributed by atoms with E-state index in [-0.39, 0.29) is 22.9 Å². The zero-order chi connectivity index (χ0) is 23.1.